The molecule has 2 N–H and O–H groups in total. The predicted molar refractivity (Wildman–Crippen MR) is 120 cm³/mol. The Hall–Kier alpha value is -3.35. The number of benzene rings is 2. The minimum atomic E-state index is -0.466. The minimum Gasteiger partial charge on any atom is -0.491 e. The van der Waals surface area contributed by atoms with Gasteiger partial charge in [0.1, 0.15) is 5.75 Å². The fraction of sp³-hybridized carbons (Fsp3) is 0.375. The van der Waals surface area contributed by atoms with Gasteiger partial charge in [0.05, 0.1) is 12.0 Å². The molecule has 0 aliphatic carbocycles. The van der Waals surface area contributed by atoms with Crippen molar-refractivity contribution in [1.82, 2.24) is 5.32 Å². The molecule has 1 atom stereocenters. The molecule has 3 rings (SSSR count). The second kappa shape index (κ2) is 9.64. The molecular formula is C24H29N3O4. The fourth-order valence-corrected chi connectivity index (χ4v) is 3.50. The molecule has 1 saturated heterocycles. The van der Waals surface area contributed by atoms with E-state index in [1.54, 1.807) is 23.1 Å². The van der Waals surface area contributed by atoms with E-state index in [9.17, 15) is 14.4 Å². The van der Waals surface area contributed by atoms with Gasteiger partial charge in [0, 0.05) is 36.4 Å². The summed E-state index contributed by atoms with van der Waals surface area (Å²) in [5, 5.41) is 5.64. The van der Waals surface area contributed by atoms with Gasteiger partial charge in [-0.15, -0.1) is 0 Å². The maximum Gasteiger partial charge on any atom is 0.251 e. The number of hydrogen-bond acceptors (Lipinski definition) is 4. The normalized spacial score (nSPS) is 15.8. The van der Waals surface area contributed by atoms with Gasteiger partial charge >= 0.3 is 0 Å². The van der Waals surface area contributed by atoms with E-state index in [0.717, 1.165) is 17.0 Å². The lowest BCUT2D eigenvalue weighted by molar-refractivity contribution is -0.122. The van der Waals surface area contributed by atoms with Crippen molar-refractivity contribution in [1.29, 1.82) is 0 Å². The van der Waals surface area contributed by atoms with Crippen LogP contribution in [-0.4, -0.2) is 36.9 Å². The number of carbonyl (C=O) groups is 3. The van der Waals surface area contributed by atoms with Crippen molar-refractivity contribution >= 4 is 29.1 Å². The van der Waals surface area contributed by atoms with Gasteiger partial charge in [-0.3, -0.25) is 14.4 Å². The first kappa shape index (κ1) is 22.3. The number of anilines is 2. The van der Waals surface area contributed by atoms with Crippen molar-refractivity contribution in [2.24, 2.45) is 5.92 Å². The third-order valence-corrected chi connectivity index (χ3v) is 5.11. The summed E-state index contributed by atoms with van der Waals surface area (Å²) in [6, 6.07) is 12.5. The highest BCUT2D eigenvalue weighted by atomic mass is 16.5. The molecule has 164 valence electrons. The van der Waals surface area contributed by atoms with Crippen LogP contribution in [0.3, 0.4) is 0 Å². The van der Waals surface area contributed by atoms with Gasteiger partial charge in [0.15, 0.2) is 0 Å². The Morgan fingerprint density at radius 3 is 2.52 bits per heavy atom. The second-order valence-electron chi connectivity index (χ2n) is 7.94. The number of amides is 3. The quantitative estimate of drug-likeness (QED) is 0.713. The van der Waals surface area contributed by atoms with E-state index < -0.39 is 5.92 Å². The van der Waals surface area contributed by atoms with Crippen LogP contribution < -0.4 is 20.3 Å². The van der Waals surface area contributed by atoms with Crippen LogP contribution in [0.1, 0.15) is 43.1 Å². The molecule has 0 radical (unpaired) electrons. The summed E-state index contributed by atoms with van der Waals surface area (Å²) in [6.45, 7) is 8.46. The molecule has 0 aromatic heterocycles. The number of nitrogens with one attached hydrogen (secondary N) is 2. The molecule has 1 aliphatic heterocycles. The summed E-state index contributed by atoms with van der Waals surface area (Å²) in [7, 11) is 0. The maximum atomic E-state index is 12.9. The summed E-state index contributed by atoms with van der Waals surface area (Å²) < 4.78 is 5.64. The Bertz CT molecular complexity index is 969. The molecule has 2 aromatic carbocycles. The van der Waals surface area contributed by atoms with E-state index in [-0.39, 0.29) is 30.2 Å². The van der Waals surface area contributed by atoms with Crippen molar-refractivity contribution in [3.8, 4) is 5.75 Å². The first-order valence-corrected chi connectivity index (χ1v) is 10.5. The zero-order chi connectivity index (χ0) is 22.5. The molecule has 0 bridgehead atoms. The Balaban J connectivity index is 1.68. The first-order valence-electron chi connectivity index (χ1n) is 10.5. The summed E-state index contributed by atoms with van der Waals surface area (Å²) in [4.78, 5) is 39.1. The fourth-order valence-electron chi connectivity index (χ4n) is 3.50. The Labute approximate surface area is 182 Å². The zero-order valence-corrected chi connectivity index (χ0v) is 18.4. The smallest absolute Gasteiger partial charge is 0.251 e. The lowest BCUT2D eigenvalue weighted by Crippen LogP contribution is -2.28. The predicted octanol–water partition coefficient (Wildman–Crippen LogP) is 3.52. The van der Waals surface area contributed by atoms with E-state index in [4.69, 9.17) is 4.74 Å². The molecule has 7 heteroatoms. The number of rotatable bonds is 7. The molecule has 0 spiro atoms. The third-order valence-electron chi connectivity index (χ3n) is 5.11. The molecule has 1 unspecified atom stereocenters. The van der Waals surface area contributed by atoms with Crippen molar-refractivity contribution < 1.29 is 19.1 Å². The molecule has 1 heterocycles. The van der Waals surface area contributed by atoms with Crippen LogP contribution in [0, 0.1) is 12.8 Å². The van der Waals surface area contributed by atoms with Gasteiger partial charge in [-0.05, 0) is 69.7 Å². The average Bonchev–Trinajstić information content (AvgIpc) is 3.11. The van der Waals surface area contributed by atoms with Gasteiger partial charge in [-0.2, -0.15) is 0 Å². The highest BCUT2D eigenvalue weighted by molar-refractivity contribution is 6.04. The van der Waals surface area contributed by atoms with Crippen LogP contribution in [-0.2, 0) is 9.59 Å². The monoisotopic (exact) mass is 423 g/mol. The Kier molecular flexibility index (Phi) is 6.95. The summed E-state index contributed by atoms with van der Waals surface area (Å²) >= 11 is 0. The lowest BCUT2D eigenvalue weighted by atomic mass is 10.1. The van der Waals surface area contributed by atoms with Crippen LogP contribution in [0.5, 0.6) is 5.75 Å². The molecular weight excluding hydrogens is 394 g/mol. The topological polar surface area (TPSA) is 87.7 Å². The van der Waals surface area contributed by atoms with Gasteiger partial charge in [0.2, 0.25) is 11.8 Å². The molecule has 1 fully saturated rings. The highest BCUT2D eigenvalue weighted by Gasteiger charge is 2.35. The standard InChI is InChI=1S/C24H29N3O4/c1-5-25-23(29)17-7-6-16(4)21(12-17)26-24(30)18-13-22(28)27(14-18)19-8-10-20(11-9-19)31-15(2)3/h6-12,15,18H,5,13-14H2,1-4H3,(H,25,29)(H,26,30). The van der Waals surface area contributed by atoms with Crippen molar-refractivity contribution in [2.45, 2.75) is 40.2 Å². The van der Waals surface area contributed by atoms with Gasteiger partial charge in [-0.1, -0.05) is 6.07 Å². The summed E-state index contributed by atoms with van der Waals surface area (Å²) in [6.07, 6.45) is 0.216. The molecule has 7 nitrogen and oxygen atoms in total. The number of carbonyl (C=O) groups excluding carboxylic acids is 3. The van der Waals surface area contributed by atoms with Crippen molar-refractivity contribution in [3.05, 3.63) is 53.6 Å². The zero-order valence-electron chi connectivity index (χ0n) is 18.4. The van der Waals surface area contributed by atoms with E-state index in [1.165, 1.54) is 0 Å². The SMILES string of the molecule is CCNC(=O)c1ccc(C)c(NC(=O)C2CC(=O)N(c3ccc(OC(C)C)cc3)C2)c1. The molecule has 3 amide bonds. The van der Waals surface area contributed by atoms with Gasteiger partial charge in [-0.25, -0.2) is 0 Å². The maximum absolute atomic E-state index is 12.9. The van der Waals surface area contributed by atoms with Crippen molar-refractivity contribution in [2.75, 3.05) is 23.3 Å². The van der Waals surface area contributed by atoms with E-state index >= 15 is 0 Å². The van der Waals surface area contributed by atoms with E-state index in [0.29, 0.717) is 24.3 Å². The molecule has 2 aromatic rings. The second-order valence-corrected chi connectivity index (χ2v) is 7.94. The number of hydrogen-bond donors (Lipinski definition) is 2. The van der Waals surface area contributed by atoms with Crippen LogP contribution in [0.4, 0.5) is 11.4 Å². The van der Waals surface area contributed by atoms with Crippen LogP contribution in [0.25, 0.3) is 0 Å². The number of aryl methyl sites for hydroxylation is 1. The number of ether oxygens (including phenoxy) is 1. The molecule has 1 aliphatic rings. The van der Waals surface area contributed by atoms with E-state index in [1.807, 2.05) is 52.0 Å². The minimum absolute atomic E-state index is 0.0716. The molecule has 0 saturated carbocycles. The van der Waals surface area contributed by atoms with Crippen LogP contribution >= 0.6 is 0 Å². The third kappa shape index (κ3) is 5.42. The van der Waals surface area contributed by atoms with E-state index in [2.05, 4.69) is 10.6 Å². The Morgan fingerprint density at radius 2 is 1.87 bits per heavy atom. The average molecular weight is 424 g/mol. The lowest BCUT2D eigenvalue weighted by Gasteiger charge is -2.18. The van der Waals surface area contributed by atoms with Crippen LogP contribution in [0.15, 0.2) is 42.5 Å². The largest absolute Gasteiger partial charge is 0.491 e. The van der Waals surface area contributed by atoms with Gasteiger partial charge in [0.25, 0.3) is 5.91 Å². The summed E-state index contributed by atoms with van der Waals surface area (Å²) in [5.74, 6) is -0.240. The highest BCUT2D eigenvalue weighted by Crippen LogP contribution is 2.28. The van der Waals surface area contributed by atoms with Gasteiger partial charge < -0.3 is 20.3 Å². The van der Waals surface area contributed by atoms with Crippen LogP contribution in [0.2, 0.25) is 0 Å². The number of nitrogens with zero attached hydrogens (tertiary/aromatic N) is 1. The van der Waals surface area contributed by atoms with Crippen molar-refractivity contribution in [3.63, 3.8) is 0 Å². The Morgan fingerprint density at radius 1 is 1.16 bits per heavy atom. The summed E-state index contributed by atoms with van der Waals surface area (Å²) in [5.41, 5.74) is 2.65. The molecule has 31 heavy (non-hydrogen) atoms. The first-order chi connectivity index (χ1) is 14.8.